The Labute approximate surface area is 131 Å². The average Bonchev–Trinajstić information content (AvgIpc) is 2.89. The summed E-state index contributed by atoms with van der Waals surface area (Å²) in [5.74, 6) is 0.850. The lowest BCUT2D eigenvalue weighted by molar-refractivity contribution is 0.422. The van der Waals surface area contributed by atoms with Gasteiger partial charge in [-0.05, 0) is 71.0 Å². The standard InChI is InChI=1S/C17H25N3S/c1-12-15(7-6-9-18-17(3,4)5)13(2)20-16(19-12)14-8-10-21-11-14/h8,10-11,18H,6-7,9H2,1-5H3. The summed E-state index contributed by atoms with van der Waals surface area (Å²) in [6.45, 7) is 11.8. The van der Waals surface area contributed by atoms with Crippen LogP contribution in [0.2, 0.25) is 0 Å². The SMILES string of the molecule is Cc1nc(-c2ccsc2)nc(C)c1CCCNC(C)(C)C. The molecule has 21 heavy (non-hydrogen) atoms. The van der Waals surface area contributed by atoms with E-state index in [1.54, 1.807) is 11.3 Å². The van der Waals surface area contributed by atoms with Gasteiger partial charge in [-0.25, -0.2) is 9.97 Å². The number of rotatable bonds is 5. The van der Waals surface area contributed by atoms with Crippen molar-refractivity contribution in [2.24, 2.45) is 0 Å². The van der Waals surface area contributed by atoms with E-state index in [0.29, 0.717) is 0 Å². The van der Waals surface area contributed by atoms with Gasteiger partial charge in [0.1, 0.15) is 0 Å². The third kappa shape index (κ3) is 4.61. The highest BCUT2D eigenvalue weighted by atomic mass is 32.1. The molecule has 2 aromatic rings. The minimum Gasteiger partial charge on any atom is -0.312 e. The molecule has 0 aliphatic carbocycles. The van der Waals surface area contributed by atoms with Crippen LogP contribution in [0.1, 0.15) is 44.1 Å². The number of thiophene rings is 1. The van der Waals surface area contributed by atoms with Gasteiger partial charge in [-0.15, -0.1) is 0 Å². The molecule has 1 N–H and O–H groups in total. The minimum absolute atomic E-state index is 0.184. The molecule has 0 bridgehead atoms. The Bertz CT molecular complexity index is 560. The first-order chi connectivity index (χ1) is 9.87. The molecule has 114 valence electrons. The molecule has 0 spiro atoms. The number of hydrogen-bond acceptors (Lipinski definition) is 4. The van der Waals surface area contributed by atoms with Crippen LogP contribution in [-0.2, 0) is 6.42 Å². The molecule has 0 amide bonds. The predicted molar refractivity (Wildman–Crippen MR) is 90.9 cm³/mol. The van der Waals surface area contributed by atoms with Crippen LogP contribution in [0.4, 0.5) is 0 Å². The number of aryl methyl sites for hydroxylation is 2. The summed E-state index contributed by atoms with van der Waals surface area (Å²) >= 11 is 1.68. The molecule has 0 saturated carbocycles. The predicted octanol–water partition coefficient (Wildman–Crippen LogP) is 4.14. The molecule has 2 aromatic heterocycles. The van der Waals surface area contributed by atoms with E-state index in [-0.39, 0.29) is 5.54 Å². The summed E-state index contributed by atoms with van der Waals surface area (Å²) in [6.07, 6.45) is 2.14. The fourth-order valence-electron chi connectivity index (χ4n) is 2.35. The third-order valence-corrected chi connectivity index (χ3v) is 4.14. The Morgan fingerprint density at radius 2 is 1.81 bits per heavy atom. The summed E-state index contributed by atoms with van der Waals surface area (Å²) in [7, 11) is 0. The molecule has 2 heterocycles. The van der Waals surface area contributed by atoms with Crippen molar-refractivity contribution in [3.8, 4) is 11.4 Å². The van der Waals surface area contributed by atoms with Crippen molar-refractivity contribution in [1.82, 2.24) is 15.3 Å². The molecule has 4 heteroatoms. The fourth-order valence-corrected chi connectivity index (χ4v) is 2.98. The van der Waals surface area contributed by atoms with Gasteiger partial charge in [-0.2, -0.15) is 11.3 Å². The summed E-state index contributed by atoms with van der Waals surface area (Å²) in [4.78, 5) is 9.36. The van der Waals surface area contributed by atoms with E-state index < -0.39 is 0 Å². The van der Waals surface area contributed by atoms with Crippen molar-refractivity contribution in [2.45, 2.75) is 53.0 Å². The maximum atomic E-state index is 4.68. The lowest BCUT2D eigenvalue weighted by Crippen LogP contribution is -2.36. The van der Waals surface area contributed by atoms with Crippen LogP contribution < -0.4 is 5.32 Å². The summed E-state index contributed by atoms with van der Waals surface area (Å²) in [5, 5.41) is 7.69. The van der Waals surface area contributed by atoms with Gasteiger partial charge in [-0.3, -0.25) is 0 Å². The Morgan fingerprint density at radius 3 is 2.33 bits per heavy atom. The highest BCUT2D eigenvalue weighted by molar-refractivity contribution is 7.08. The monoisotopic (exact) mass is 303 g/mol. The minimum atomic E-state index is 0.184. The zero-order valence-electron chi connectivity index (χ0n) is 13.7. The van der Waals surface area contributed by atoms with Gasteiger partial charge in [0, 0.05) is 27.9 Å². The van der Waals surface area contributed by atoms with Gasteiger partial charge in [0.25, 0.3) is 0 Å². The maximum Gasteiger partial charge on any atom is 0.160 e. The van der Waals surface area contributed by atoms with Crippen LogP contribution in [0, 0.1) is 13.8 Å². The van der Waals surface area contributed by atoms with Crippen molar-refractivity contribution in [1.29, 1.82) is 0 Å². The smallest absolute Gasteiger partial charge is 0.160 e. The zero-order chi connectivity index (χ0) is 15.5. The fraction of sp³-hybridized carbons (Fsp3) is 0.529. The van der Waals surface area contributed by atoms with Crippen molar-refractivity contribution >= 4 is 11.3 Å². The van der Waals surface area contributed by atoms with Gasteiger partial charge in [0.2, 0.25) is 0 Å². The third-order valence-electron chi connectivity index (χ3n) is 3.46. The first-order valence-electron chi connectivity index (χ1n) is 7.48. The highest BCUT2D eigenvalue weighted by Crippen LogP contribution is 2.21. The quantitative estimate of drug-likeness (QED) is 0.843. The van der Waals surface area contributed by atoms with Crippen LogP contribution in [-0.4, -0.2) is 22.1 Å². The van der Waals surface area contributed by atoms with Crippen molar-refractivity contribution in [3.05, 3.63) is 33.8 Å². The van der Waals surface area contributed by atoms with Gasteiger partial charge in [0.05, 0.1) is 0 Å². The molecular formula is C17H25N3S. The van der Waals surface area contributed by atoms with Crippen LogP contribution >= 0.6 is 11.3 Å². The number of nitrogens with zero attached hydrogens (tertiary/aromatic N) is 2. The molecule has 0 atom stereocenters. The molecule has 0 aliphatic heterocycles. The molecule has 0 radical (unpaired) electrons. The lowest BCUT2D eigenvalue weighted by atomic mass is 10.0. The normalized spacial score (nSPS) is 11.9. The average molecular weight is 303 g/mol. The van der Waals surface area contributed by atoms with Crippen LogP contribution in [0.3, 0.4) is 0 Å². The Balaban J connectivity index is 2.04. The van der Waals surface area contributed by atoms with Crippen molar-refractivity contribution in [3.63, 3.8) is 0 Å². The molecule has 0 aromatic carbocycles. The second kappa shape index (κ2) is 6.67. The van der Waals surface area contributed by atoms with Crippen LogP contribution in [0.15, 0.2) is 16.8 Å². The first-order valence-corrected chi connectivity index (χ1v) is 8.43. The lowest BCUT2D eigenvalue weighted by Gasteiger charge is -2.20. The molecule has 0 saturated heterocycles. The zero-order valence-corrected chi connectivity index (χ0v) is 14.5. The van der Waals surface area contributed by atoms with Gasteiger partial charge in [0.15, 0.2) is 5.82 Å². The molecule has 0 aliphatic rings. The van der Waals surface area contributed by atoms with Gasteiger partial charge >= 0.3 is 0 Å². The van der Waals surface area contributed by atoms with E-state index in [0.717, 1.165) is 42.2 Å². The molecular weight excluding hydrogens is 278 g/mol. The first kappa shape index (κ1) is 16.1. The van der Waals surface area contributed by atoms with Gasteiger partial charge in [-0.1, -0.05) is 0 Å². The molecule has 2 rings (SSSR count). The van der Waals surface area contributed by atoms with Crippen molar-refractivity contribution in [2.75, 3.05) is 6.54 Å². The van der Waals surface area contributed by atoms with E-state index >= 15 is 0 Å². The topological polar surface area (TPSA) is 37.8 Å². The molecule has 0 unspecified atom stereocenters. The van der Waals surface area contributed by atoms with E-state index in [2.05, 4.69) is 66.7 Å². The van der Waals surface area contributed by atoms with E-state index in [4.69, 9.17) is 0 Å². The second-order valence-corrected chi connectivity index (χ2v) is 7.27. The van der Waals surface area contributed by atoms with Gasteiger partial charge < -0.3 is 5.32 Å². The summed E-state index contributed by atoms with van der Waals surface area (Å²) in [6, 6.07) is 2.08. The van der Waals surface area contributed by atoms with E-state index in [1.807, 2.05) is 0 Å². The Kier molecular flexibility index (Phi) is 5.12. The Hall–Kier alpha value is -1.26. The van der Waals surface area contributed by atoms with Crippen molar-refractivity contribution < 1.29 is 0 Å². The van der Waals surface area contributed by atoms with Crippen LogP contribution in [0.5, 0.6) is 0 Å². The molecule has 3 nitrogen and oxygen atoms in total. The largest absolute Gasteiger partial charge is 0.312 e. The number of aromatic nitrogens is 2. The molecule has 0 fully saturated rings. The summed E-state index contributed by atoms with van der Waals surface area (Å²) < 4.78 is 0. The van der Waals surface area contributed by atoms with E-state index in [9.17, 15) is 0 Å². The second-order valence-electron chi connectivity index (χ2n) is 6.49. The maximum absolute atomic E-state index is 4.68. The number of hydrogen-bond donors (Lipinski definition) is 1. The van der Waals surface area contributed by atoms with E-state index in [1.165, 1.54) is 5.56 Å². The summed E-state index contributed by atoms with van der Waals surface area (Å²) in [5.41, 5.74) is 4.82. The Morgan fingerprint density at radius 1 is 1.14 bits per heavy atom. The highest BCUT2D eigenvalue weighted by Gasteiger charge is 2.11. The number of nitrogens with one attached hydrogen (secondary N) is 1. The van der Waals surface area contributed by atoms with Crippen LogP contribution in [0.25, 0.3) is 11.4 Å².